The summed E-state index contributed by atoms with van der Waals surface area (Å²) in [4.78, 5) is 25.2. The van der Waals surface area contributed by atoms with Crippen molar-refractivity contribution >= 4 is 39.0 Å². The molecule has 2 aromatic carbocycles. The summed E-state index contributed by atoms with van der Waals surface area (Å²) in [6.07, 6.45) is 0. The molecule has 1 heterocycles. The zero-order valence-electron chi connectivity index (χ0n) is 16.5. The van der Waals surface area contributed by atoms with Gasteiger partial charge in [0.1, 0.15) is 11.5 Å². The molecule has 0 saturated carbocycles. The summed E-state index contributed by atoms with van der Waals surface area (Å²) in [6.45, 7) is 2.24. The minimum atomic E-state index is -0.455. The lowest BCUT2D eigenvalue weighted by molar-refractivity contribution is 0.0602. The molecule has 3 aromatic rings. The number of esters is 1. The van der Waals surface area contributed by atoms with E-state index in [2.05, 4.69) is 5.32 Å². The summed E-state index contributed by atoms with van der Waals surface area (Å²) >= 11 is 1.29. The van der Waals surface area contributed by atoms with Gasteiger partial charge in [0.15, 0.2) is 10.6 Å². The Balaban J connectivity index is 1.95. The van der Waals surface area contributed by atoms with Crippen LogP contribution in [0.1, 0.15) is 27.0 Å². The number of anilines is 1. The van der Waals surface area contributed by atoms with E-state index in [1.54, 1.807) is 30.3 Å². The fourth-order valence-electron chi connectivity index (χ4n) is 2.81. The number of methoxy groups -OCH3 is 3. The Labute approximate surface area is 172 Å². The van der Waals surface area contributed by atoms with Crippen molar-refractivity contribution in [3.63, 3.8) is 0 Å². The van der Waals surface area contributed by atoms with E-state index < -0.39 is 5.97 Å². The van der Waals surface area contributed by atoms with E-state index in [0.29, 0.717) is 40.0 Å². The van der Waals surface area contributed by atoms with Gasteiger partial charge in [-0.15, -0.1) is 11.3 Å². The van der Waals surface area contributed by atoms with Crippen LogP contribution >= 0.6 is 11.3 Å². The van der Waals surface area contributed by atoms with E-state index in [1.165, 1.54) is 32.7 Å². The lowest BCUT2D eigenvalue weighted by atomic mass is 10.1. The number of carbonyl (C=O) groups is 2. The van der Waals surface area contributed by atoms with Crippen LogP contribution in [0, 0.1) is 0 Å². The van der Waals surface area contributed by atoms with Crippen molar-refractivity contribution in [2.75, 3.05) is 33.3 Å². The van der Waals surface area contributed by atoms with Crippen molar-refractivity contribution in [2.24, 2.45) is 0 Å². The lowest BCUT2D eigenvalue weighted by Gasteiger charge is -2.10. The van der Waals surface area contributed by atoms with Crippen LogP contribution < -0.4 is 19.5 Å². The van der Waals surface area contributed by atoms with Gasteiger partial charge in [0, 0.05) is 27.4 Å². The van der Waals surface area contributed by atoms with Crippen LogP contribution in [0.2, 0.25) is 0 Å². The van der Waals surface area contributed by atoms with Gasteiger partial charge in [-0.1, -0.05) is 0 Å². The van der Waals surface area contributed by atoms with Gasteiger partial charge in [0.05, 0.1) is 27.9 Å². The molecule has 0 fully saturated rings. The van der Waals surface area contributed by atoms with Gasteiger partial charge >= 0.3 is 5.97 Å². The number of rotatable bonds is 7. The zero-order chi connectivity index (χ0) is 21.0. The van der Waals surface area contributed by atoms with Crippen molar-refractivity contribution < 1.29 is 28.5 Å². The molecule has 0 aliphatic rings. The zero-order valence-corrected chi connectivity index (χ0v) is 17.3. The van der Waals surface area contributed by atoms with Crippen molar-refractivity contribution in [1.29, 1.82) is 0 Å². The third kappa shape index (κ3) is 4.27. The van der Waals surface area contributed by atoms with Gasteiger partial charge in [-0.25, -0.2) is 4.79 Å². The predicted octanol–water partition coefficient (Wildman–Crippen LogP) is 4.36. The quantitative estimate of drug-likeness (QED) is 0.578. The Hall–Kier alpha value is -3.26. The molecule has 0 aliphatic heterocycles. The maximum atomic E-state index is 12.7. The maximum absolute atomic E-state index is 12.7. The average Bonchev–Trinajstić information content (AvgIpc) is 3.10. The standard InChI is InChI=1S/C21H21NO6S/c1-5-28-18-16-10-13(6-7-17(16)29-19(18)21(24)27-4)22-20(23)12-8-14(25-2)11-15(9-12)26-3/h6-11H,5H2,1-4H3,(H,22,23). The second-order valence-corrected chi connectivity index (χ2v) is 7.00. The first kappa shape index (κ1) is 20.5. The highest BCUT2D eigenvalue weighted by molar-refractivity contribution is 7.21. The van der Waals surface area contributed by atoms with Gasteiger partial charge < -0.3 is 24.3 Å². The fraction of sp³-hybridized carbons (Fsp3) is 0.238. The van der Waals surface area contributed by atoms with Crippen LogP contribution in [-0.4, -0.2) is 39.8 Å². The van der Waals surface area contributed by atoms with Crippen molar-refractivity contribution in [2.45, 2.75) is 6.92 Å². The van der Waals surface area contributed by atoms with Gasteiger partial charge in [-0.05, 0) is 37.3 Å². The first-order valence-corrected chi connectivity index (χ1v) is 9.64. The van der Waals surface area contributed by atoms with Gasteiger partial charge in [-0.2, -0.15) is 0 Å². The third-order valence-corrected chi connectivity index (χ3v) is 5.31. The van der Waals surface area contributed by atoms with E-state index in [-0.39, 0.29) is 5.91 Å². The highest BCUT2D eigenvalue weighted by atomic mass is 32.1. The maximum Gasteiger partial charge on any atom is 0.351 e. The first-order valence-electron chi connectivity index (χ1n) is 8.82. The molecule has 0 aliphatic carbocycles. The normalized spacial score (nSPS) is 10.5. The summed E-state index contributed by atoms with van der Waals surface area (Å²) in [6, 6.07) is 10.3. The second kappa shape index (κ2) is 8.83. The lowest BCUT2D eigenvalue weighted by Crippen LogP contribution is -2.12. The number of ether oxygens (including phenoxy) is 4. The number of carbonyl (C=O) groups excluding carboxylic acids is 2. The van der Waals surface area contributed by atoms with Crippen molar-refractivity contribution in [3.05, 3.63) is 46.8 Å². The Bertz CT molecular complexity index is 1040. The topological polar surface area (TPSA) is 83.1 Å². The molecular formula is C21H21NO6S. The Kier molecular flexibility index (Phi) is 6.23. The van der Waals surface area contributed by atoms with E-state index >= 15 is 0 Å². The molecule has 1 amide bonds. The summed E-state index contributed by atoms with van der Waals surface area (Å²) in [5.74, 6) is 0.721. The highest BCUT2D eigenvalue weighted by Gasteiger charge is 2.21. The van der Waals surface area contributed by atoms with E-state index in [0.717, 1.165) is 10.1 Å². The number of thiophene rings is 1. The number of nitrogens with one attached hydrogen (secondary N) is 1. The molecule has 0 spiro atoms. The average molecular weight is 415 g/mol. The third-order valence-electron chi connectivity index (χ3n) is 4.17. The van der Waals surface area contributed by atoms with Crippen molar-refractivity contribution in [1.82, 2.24) is 0 Å². The van der Waals surface area contributed by atoms with Gasteiger partial charge in [0.25, 0.3) is 5.91 Å². The van der Waals surface area contributed by atoms with Crippen LogP contribution in [0.5, 0.6) is 17.2 Å². The second-order valence-electron chi connectivity index (χ2n) is 5.95. The molecule has 1 N–H and O–H groups in total. The Morgan fingerprint density at radius 3 is 2.28 bits per heavy atom. The number of amides is 1. The molecule has 0 unspecified atom stereocenters. The molecule has 0 atom stereocenters. The van der Waals surface area contributed by atoms with Crippen LogP contribution in [0.3, 0.4) is 0 Å². The minimum absolute atomic E-state index is 0.317. The van der Waals surface area contributed by atoms with E-state index in [9.17, 15) is 9.59 Å². The molecule has 0 bridgehead atoms. The summed E-state index contributed by atoms with van der Waals surface area (Å²) < 4.78 is 21.8. The van der Waals surface area contributed by atoms with E-state index in [4.69, 9.17) is 18.9 Å². The highest BCUT2D eigenvalue weighted by Crippen LogP contribution is 2.39. The fourth-order valence-corrected chi connectivity index (χ4v) is 3.86. The van der Waals surface area contributed by atoms with Crippen LogP contribution in [0.15, 0.2) is 36.4 Å². The first-order chi connectivity index (χ1) is 14.0. The molecule has 1 aromatic heterocycles. The molecule has 29 heavy (non-hydrogen) atoms. The predicted molar refractivity (Wildman–Crippen MR) is 112 cm³/mol. The molecule has 152 valence electrons. The Morgan fingerprint density at radius 2 is 1.69 bits per heavy atom. The smallest absolute Gasteiger partial charge is 0.351 e. The minimum Gasteiger partial charge on any atom is -0.497 e. The molecule has 0 radical (unpaired) electrons. The number of fused-ring (bicyclic) bond motifs is 1. The molecule has 8 heteroatoms. The van der Waals surface area contributed by atoms with Gasteiger partial charge in [-0.3, -0.25) is 4.79 Å². The summed E-state index contributed by atoms with van der Waals surface area (Å²) in [5, 5.41) is 3.59. The number of hydrogen-bond acceptors (Lipinski definition) is 7. The van der Waals surface area contributed by atoms with Gasteiger partial charge in [0.2, 0.25) is 0 Å². The van der Waals surface area contributed by atoms with E-state index in [1.807, 2.05) is 13.0 Å². The van der Waals surface area contributed by atoms with Crippen LogP contribution in [0.4, 0.5) is 5.69 Å². The SMILES string of the molecule is CCOc1c(C(=O)OC)sc2ccc(NC(=O)c3cc(OC)cc(OC)c3)cc12. The Morgan fingerprint density at radius 1 is 1.00 bits per heavy atom. The van der Waals surface area contributed by atoms with Crippen LogP contribution in [-0.2, 0) is 4.74 Å². The molecule has 3 rings (SSSR count). The summed E-state index contributed by atoms with van der Waals surface area (Å²) in [7, 11) is 4.38. The number of benzene rings is 2. The number of hydrogen-bond donors (Lipinski definition) is 1. The largest absolute Gasteiger partial charge is 0.497 e. The molecule has 7 nitrogen and oxygen atoms in total. The van der Waals surface area contributed by atoms with Crippen molar-refractivity contribution in [3.8, 4) is 17.2 Å². The molecule has 0 saturated heterocycles. The van der Waals surface area contributed by atoms with Crippen LogP contribution in [0.25, 0.3) is 10.1 Å². The monoisotopic (exact) mass is 415 g/mol. The molecular weight excluding hydrogens is 394 g/mol. The summed E-state index contributed by atoms with van der Waals surface area (Å²) in [5.41, 5.74) is 0.964.